The van der Waals surface area contributed by atoms with Crippen LogP contribution in [0.25, 0.3) is 56.4 Å². The van der Waals surface area contributed by atoms with Gasteiger partial charge in [-0.15, -0.1) is 0 Å². The Kier molecular flexibility index (Phi) is 25.0. The van der Waals surface area contributed by atoms with Gasteiger partial charge < -0.3 is 45.2 Å². The number of nitrogen functional groups attached to an aromatic ring is 1. The minimum atomic E-state index is -4.67. The molecule has 0 bridgehead atoms. The number of carbonyl (C=O) groups is 3. The molecular formula is C70H56BBrCl2F8N20O10. The van der Waals surface area contributed by atoms with Crippen LogP contribution in [0.4, 0.5) is 46.8 Å². The zero-order valence-corrected chi connectivity index (χ0v) is 60.9. The number of imidazole rings is 4. The number of carbonyl (C=O) groups excluding carboxylic acids is 3. The summed E-state index contributed by atoms with van der Waals surface area (Å²) in [4.78, 5) is 90.2. The number of alkyl halides is 6. The summed E-state index contributed by atoms with van der Waals surface area (Å²) in [7, 11) is 1.06. The third kappa shape index (κ3) is 20.2. The highest BCUT2D eigenvalue weighted by molar-refractivity contribution is 9.10. The van der Waals surface area contributed by atoms with E-state index in [1.807, 2.05) is 36.1 Å². The standard InChI is InChI=1S/C21H14ClF3N6O2.C16H14N4O3.C11H7FN4.C6H4BrN3.C6H4ClF3N2.C5H5BFNO2.C5H8O3/c22-14-9-27-16(7-13(14)21(23,24)25)30-19(32)20(3-4-20)33-18-2-1-12(8-29-18)15-10-28-17-11-26-5-6-31(15)17;1-22-15(21)16(4-5-16)23-14-3-2-11(8-19-14)12-9-18-13-10-17-6-7-20(12)13;12-10-2-1-8(5-14-10)9-6-15-11-7-13-3-4-16(9)11;7-5-3-9-6-4-8-1-2-10(5)6;7-4-2-12-5(11)1-3(4)6(8,9)10;7-5-2-1-4(3-8-5)6(9)10;1-8-4(6)5(7)2-3-5/h1-2,5-11H,3-4H2,(H,27,30,32);2-3,6-10H,4-5H2,1H3;1-7H;1-4H;1-2H,(H2,11,12);1-3,9-10H;7H,2-3H2,1H3. The molecule has 3 saturated carbocycles. The van der Waals surface area contributed by atoms with E-state index in [1.54, 1.807) is 123 Å². The van der Waals surface area contributed by atoms with Crippen molar-refractivity contribution in [1.82, 2.24) is 87.4 Å². The molecule has 14 aromatic heterocycles. The Morgan fingerprint density at radius 2 is 0.911 bits per heavy atom. The molecule has 0 unspecified atom stereocenters. The molecule has 0 spiro atoms. The van der Waals surface area contributed by atoms with Gasteiger partial charge in [-0.25, -0.2) is 59.4 Å². The first-order valence-electron chi connectivity index (χ1n) is 32.5. The molecule has 6 N–H and O–H groups in total. The fourth-order valence-corrected chi connectivity index (χ4v) is 10.7. The normalized spacial score (nSPS) is 13.7. The van der Waals surface area contributed by atoms with Crippen molar-refractivity contribution in [2.75, 3.05) is 25.3 Å². The maximum absolute atomic E-state index is 13.1. The van der Waals surface area contributed by atoms with E-state index in [0.717, 1.165) is 80.0 Å². The number of nitrogens with zero attached hydrogens (tertiary/aromatic N) is 18. The summed E-state index contributed by atoms with van der Waals surface area (Å²) >= 11 is 14.2. The van der Waals surface area contributed by atoms with Crippen molar-refractivity contribution in [2.45, 2.75) is 67.7 Å². The number of rotatable bonds is 12. The number of amides is 1. The largest absolute Gasteiger partial charge is 0.490 e. The van der Waals surface area contributed by atoms with Gasteiger partial charge in [0.1, 0.15) is 16.2 Å². The second-order valence-corrected chi connectivity index (χ2v) is 25.6. The number of halogens is 11. The highest BCUT2D eigenvalue weighted by Gasteiger charge is 2.55. The Morgan fingerprint density at radius 3 is 1.29 bits per heavy atom. The van der Waals surface area contributed by atoms with Gasteiger partial charge >= 0.3 is 31.4 Å². The number of hydrogen-bond acceptors (Lipinski definition) is 25. The number of nitrogens with one attached hydrogen (secondary N) is 1. The Morgan fingerprint density at radius 1 is 0.500 bits per heavy atom. The molecule has 3 aliphatic carbocycles. The van der Waals surface area contributed by atoms with Crippen molar-refractivity contribution < 1.29 is 83.6 Å². The molecule has 0 aliphatic heterocycles. The number of fused-ring (bicyclic) bond motifs is 4. The topological polar surface area (TPSA) is 385 Å². The lowest BCUT2D eigenvalue weighted by atomic mass is 9.82. The van der Waals surface area contributed by atoms with E-state index in [4.69, 9.17) is 58.3 Å². The summed E-state index contributed by atoms with van der Waals surface area (Å²) in [6.07, 6.45) is 29.3. The van der Waals surface area contributed by atoms with Crippen molar-refractivity contribution in [3.05, 3.63) is 235 Å². The predicted molar refractivity (Wildman–Crippen MR) is 388 cm³/mol. The van der Waals surface area contributed by atoms with Crippen molar-refractivity contribution in [2.24, 2.45) is 0 Å². The number of nitrogens with two attached hydrogens (primary N) is 1. The fraction of sp³-hybridized carbons (Fsp3) is 0.186. The second kappa shape index (κ2) is 34.7. The number of aliphatic hydroxyl groups is 1. The third-order valence-electron chi connectivity index (χ3n) is 16.2. The van der Waals surface area contributed by atoms with Gasteiger partial charge in [0.05, 0.1) is 102 Å². The average molecular weight is 1650 g/mol. The van der Waals surface area contributed by atoms with E-state index in [2.05, 4.69) is 95.8 Å². The molecule has 17 rings (SSSR count). The Bertz CT molecular complexity index is 5610. The Balaban J connectivity index is 0.000000137. The van der Waals surface area contributed by atoms with Crippen LogP contribution in [0, 0.1) is 11.9 Å². The summed E-state index contributed by atoms with van der Waals surface area (Å²) in [5.74, 6) is -2.43. The van der Waals surface area contributed by atoms with Gasteiger partial charge in [-0.3, -0.25) is 42.3 Å². The molecule has 14 aromatic rings. The molecule has 0 atom stereocenters. The first-order valence-corrected chi connectivity index (χ1v) is 34.1. The van der Waals surface area contributed by atoms with Crippen molar-refractivity contribution in [3.8, 4) is 45.5 Å². The number of aromatic nitrogens is 18. The molecule has 0 saturated heterocycles. The maximum Gasteiger partial charge on any atom is 0.490 e. The van der Waals surface area contributed by atoms with Crippen LogP contribution in [0.5, 0.6) is 11.8 Å². The third-order valence-corrected chi connectivity index (χ3v) is 17.4. The van der Waals surface area contributed by atoms with Crippen LogP contribution in [-0.4, -0.2) is 159 Å². The van der Waals surface area contributed by atoms with Gasteiger partial charge in [0.15, 0.2) is 33.8 Å². The Labute approximate surface area is 644 Å². The summed E-state index contributed by atoms with van der Waals surface area (Å²) in [5.41, 5.74) is 8.17. The van der Waals surface area contributed by atoms with Gasteiger partial charge in [0.2, 0.25) is 29.3 Å². The SMILES string of the molecule is Brc1cnc2cnccn12.COC(=O)C1(O)CC1.COC(=O)C1(Oc2ccc(-c3cnc4cnccn34)cn2)CC1.Fc1ccc(-c2cnc3cnccn23)cn1.Nc1cc(C(F)(F)F)c(Cl)cn1.O=C(Nc1cc(C(F)(F)F)c(Cl)cn1)C1(Oc2ccc(-c3cnc4cnccn34)cn2)CC1.OB(O)c1ccc(F)nc1. The molecule has 14 heterocycles. The lowest BCUT2D eigenvalue weighted by molar-refractivity contribution is -0.153. The van der Waals surface area contributed by atoms with Gasteiger partial charge in [0.25, 0.3) is 5.91 Å². The average Bonchev–Trinajstić information content (AvgIpc) is 1.63. The van der Waals surface area contributed by atoms with E-state index in [1.165, 1.54) is 32.5 Å². The summed E-state index contributed by atoms with van der Waals surface area (Å²) in [5, 5.41) is 27.3. The number of methoxy groups -OCH3 is 2. The molecule has 576 valence electrons. The smallest absolute Gasteiger partial charge is 0.467 e. The van der Waals surface area contributed by atoms with E-state index in [0.29, 0.717) is 62.2 Å². The van der Waals surface area contributed by atoms with Crippen LogP contribution in [-0.2, 0) is 36.2 Å². The highest BCUT2D eigenvalue weighted by atomic mass is 79.9. The Hall–Kier alpha value is -12.4. The van der Waals surface area contributed by atoms with Gasteiger partial charge in [0, 0.05) is 147 Å². The van der Waals surface area contributed by atoms with Crippen molar-refractivity contribution >= 4 is 104 Å². The first-order chi connectivity index (χ1) is 53.5. The van der Waals surface area contributed by atoms with Crippen LogP contribution in [0.3, 0.4) is 0 Å². The number of esters is 2. The van der Waals surface area contributed by atoms with E-state index in [-0.39, 0.29) is 28.9 Å². The summed E-state index contributed by atoms with van der Waals surface area (Å²) < 4.78 is 129. The maximum atomic E-state index is 13.1. The van der Waals surface area contributed by atoms with Crippen molar-refractivity contribution in [1.29, 1.82) is 0 Å². The molecular weight excluding hydrogens is 1590 g/mol. The van der Waals surface area contributed by atoms with Crippen LogP contribution in [0.2, 0.25) is 10.0 Å². The van der Waals surface area contributed by atoms with Gasteiger partial charge in [-0.2, -0.15) is 35.1 Å². The highest BCUT2D eigenvalue weighted by Crippen LogP contribution is 2.44. The van der Waals surface area contributed by atoms with Gasteiger partial charge in [-0.1, -0.05) is 29.3 Å². The molecule has 3 aliphatic rings. The number of hydrogen-bond donors (Lipinski definition) is 5. The van der Waals surface area contributed by atoms with Crippen LogP contribution < -0.4 is 26.0 Å². The molecule has 3 fully saturated rings. The molecule has 0 aromatic carbocycles. The molecule has 0 radical (unpaired) electrons. The van der Waals surface area contributed by atoms with Crippen molar-refractivity contribution in [3.63, 3.8) is 0 Å². The van der Waals surface area contributed by atoms with E-state index < -0.39 is 81.2 Å². The zero-order chi connectivity index (χ0) is 80.1. The summed E-state index contributed by atoms with van der Waals surface area (Å²) in [6, 6.07) is 13.7. The lowest BCUT2D eigenvalue weighted by Crippen LogP contribution is -2.35. The van der Waals surface area contributed by atoms with Crippen LogP contribution in [0.15, 0.2) is 202 Å². The van der Waals surface area contributed by atoms with E-state index >= 15 is 0 Å². The first kappa shape index (κ1) is 80.6. The quantitative estimate of drug-likeness (QED) is 0.0328. The lowest BCUT2D eigenvalue weighted by Gasteiger charge is -2.17. The van der Waals surface area contributed by atoms with Gasteiger partial charge in [-0.05, 0) is 71.2 Å². The molecule has 42 heteroatoms. The minimum absolute atomic E-state index is 0.182. The molecule has 30 nitrogen and oxygen atoms in total. The molecule has 112 heavy (non-hydrogen) atoms. The predicted octanol–water partition coefficient (Wildman–Crippen LogP) is 10.6. The monoisotopic (exact) mass is 1650 g/mol. The zero-order valence-electron chi connectivity index (χ0n) is 57.8. The van der Waals surface area contributed by atoms with Crippen LogP contribution >= 0.6 is 39.1 Å². The fourth-order valence-electron chi connectivity index (χ4n) is 9.91. The number of pyridine rings is 6. The second-order valence-electron chi connectivity index (χ2n) is 24.0. The van der Waals surface area contributed by atoms with E-state index in [9.17, 15) is 49.5 Å². The number of ether oxygens (including phenoxy) is 4. The summed E-state index contributed by atoms with van der Waals surface area (Å²) in [6.45, 7) is 0. The number of anilines is 2. The molecule has 1 amide bonds. The minimum Gasteiger partial charge on any atom is -0.467 e. The van der Waals surface area contributed by atoms with Crippen LogP contribution in [0.1, 0.15) is 49.7 Å².